The summed E-state index contributed by atoms with van der Waals surface area (Å²) in [7, 11) is 0. The second-order valence-corrected chi connectivity index (χ2v) is 8.20. The van der Waals surface area contributed by atoms with Crippen molar-refractivity contribution in [3.05, 3.63) is 83.4 Å². The first kappa shape index (κ1) is 18.3. The maximum atomic E-state index is 13.5. The molecule has 0 saturated heterocycles. The Kier molecular flexibility index (Phi) is 4.65. The van der Waals surface area contributed by atoms with Gasteiger partial charge in [-0.3, -0.25) is 4.79 Å². The molecule has 0 aliphatic carbocycles. The average Bonchev–Trinajstić information content (AvgIpc) is 3.06. The minimum atomic E-state index is -0.0393. The number of carbonyl (C=O) groups excluding carboxylic acids is 1. The Labute approximate surface area is 167 Å². The van der Waals surface area contributed by atoms with Crippen molar-refractivity contribution in [2.45, 2.75) is 19.8 Å². The lowest BCUT2D eigenvalue weighted by atomic mass is 9.94. The van der Waals surface area contributed by atoms with E-state index in [-0.39, 0.29) is 17.3 Å². The van der Waals surface area contributed by atoms with Gasteiger partial charge in [-0.1, -0.05) is 32.0 Å². The second kappa shape index (κ2) is 7.13. The fraction of sp³-hybridized carbons (Fsp3) is 0.125. The van der Waals surface area contributed by atoms with Crippen LogP contribution in [0.25, 0.3) is 20.5 Å². The van der Waals surface area contributed by atoms with Gasteiger partial charge in [-0.25, -0.2) is 0 Å². The molecule has 4 rings (SSSR count). The van der Waals surface area contributed by atoms with Crippen LogP contribution in [0.4, 0.5) is 0 Å². The Morgan fingerprint density at radius 1 is 0.893 bits per heavy atom. The van der Waals surface area contributed by atoms with Gasteiger partial charge >= 0.3 is 0 Å². The summed E-state index contributed by atoms with van der Waals surface area (Å²) in [4.78, 5) is 14.4. The molecule has 0 fully saturated rings. The van der Waals surface area contributed by atoms with Crippen molar-refractivity contribution in [1.29, 1.82) is 0 Å². The van der Waals surface area contributed by atoms with Gasteiger partial charge in [0.25, 0.3) is 0 Å². The average molecular weight is 388 g/mol. The summed E-state index contributed by atoms with van der Waals surface area (Å²) in [5, 5.41) is 20.3. The van der Waals surface area contributed by atoms with Crippen molar-refractivity contribution in [3.8, 4) is 21.9 Å². The highest BCUT2D eigenvalue weighted by Crippen LogP contribution is 2.41. The molecule has 0 spiro atoms. The summed E-state index contributed by atoms with van der Waals surface area (Å²) in [5.41, 5.74) is 3.27. The van der Waals surface area contributed by atoms with Crippen LogP contribution < -0.4 is 0 Å². The van der Waals surface area contributed by atoms with E-state index in [1.807, 2.05) is 24.3 Å². The van der Waals surface area contributed by atoms with Crippen LogP contribution in [0.5, 0.6) is 11.5 Å². The van der Waals surface area contributed by atoms with Gasteiger partial charge in [0.2, 0.25) is 0 Å². The number of hydrogen-bond donors (Lipinski definition) is 2. The van der Waals surface area contributed by atoms with Crippen LogP contribution in [0.15, 0.2) is 66.7 Å². The Balaban J connectivity index is 1.94. The van der Waals surface area contributed by atoms with Crippen LogP contribution in [0.2, 0.25) is 0 Å². The summed E-state index contributed by atoms with van der Waals surface area (Å²) in [5.74, 6) is 0.648. The van der Waals surface area contributed by atoms with Crippen molar-refractivity contribution in [2.24, 2.45) is 0 Å². The van der Waals surface area contributed by atoms with Crippen molar-refractivity contribution in [1.82, 2.24) is 0 Å². The van der Waals surface area contributed by atoms with E-state index in [4.69, 9.17) is 0 Å². The van der Waals surface area contributed by atoms with Crippen molar-refractivity contribution in [3.63, 3.8) is 0 Å². The van der Waals surface area contributed by atoms with Crippen LogP contribution >= 0.6 is 11.3 Å². The molecular formula is C24H20O3S. The van der Waals surface area contributed by atoms with Crippen molar-refractivity contribution < 1.29 is 15.0 Å². The molecule has 3 nitrogen and oxygen atoms in total. The third-order valence-electron chi connectivity index (χ3n) is 4.85. The molecule has 0 amide bonds. The number of benzene rings is 3. The minimum absolute atomic E-state index is 0.0393. The standard InChI is InChI=1S/C24H20O3S/c1-14(2)16-4-3-5-17(12-16)23(27)22-20-11-10-19(26)13-21(20)28-24(22)15-6-8-18(25)9-7-15/h3-14,25-26H,1-2H3. The highest BCUT2D eigenvalue weighted by Gasteiger charge is 2.22. The molecule has 4 aromatic rings. The molecule has 0 radical (unpaired) electrons. The third-order valence-corrected chi connectivity index (χ3v) is 6.05. The number of aromatic hydroxyl groups is 2. The normalized spacial score (nSPS) is 11.2. The number of fused-ring (bicyclic) bond motifs is 1. The molecule has 0 aliphatic rings. The number of ketones is 1. The third kappa shape index (κ3) is 3.27. The SMILES string of the molecule is CC(C)c1cccc(C(=O)c2c(-c3ccc(O)cc3)sc3cc(O)ccc23)c1. The zero-order valence-electron chi connectivity index (χ0n) is 15.6. The lowest BCUT2D eigenvalue weighted by Crippen LogP contribution is -2.03. The van der Waals surface area contributed by atoms with Gasteiger partial charge in [0.05, 0.1) is 0 Å². The molecular weight excluding hydrogens is 368 g/mol. The lowest BCUT2D eigenvalue weighted by Gasteiger charge is -2.09. The van der Waals surface area contributed by atoms with Crippen molar-refractivity contribution >= 4 is 27.2 Å². The van der Waals surface area contributed by atoms with Gasteiger partial charge in [-0.05, 0) is 65.6 Å². The van der Waals surface area contributed by atoms with Gasteiger partial charge in [-0.2, -0.15) is 0 Å². The summed E-state index contributed by atoms with van der Waals surface area (Å²) in [6.45, 7) is 4.21. The molecule has 0 saturated carbocycles. The number of hydrogen-bond acceptors (Lipinski definition) is 4. The smallest absolute Gasteiger partial charge is 0.195 e. The molecule has 3 aromatic carbocycles. The van der Waals surface area contributed by atoms with E-state index in [1.54, 1.807) is 42.5 Å². The first-order valence-corrected chi connectivity index (χ1v) is 9.95. The van der Waals surface area contributed by atoms with Gasteiger partial charge in [0, 0.05) is 26.1 Å². The van der Waals surface area contributed by atoms with Gasteiger partial charge in [-0.15, -0.1) is 11.3 Å². The molecule has 2 N–H and O–H groups in total. The van der Waals surface area contributed by atoms with Crippen LogP contribution in [-0.4, -0.2) is 16.0 Å². The van der Waals surface area contributed by atoms with Crippen LogP contribution in [-0.2, 0) is 0 Å². The maximum Gasteiger partial charge on any atom is 0.195 e. The van der Waals surface area contributed by atoms with Crippen LogP contribution in [0, 0.1) is 0 Å². The zero-order chi connectivity index (χ0) is 19.8. The van der Waals surface area contributed by atoms with E-state index >= 15 is 0 Å². The van der Waals surface area contributed by atoms with Crippen LogP contribution in [0.1, 0.15) is 41.3 Å². The number of phenolic OH excluding ortho intramolecular Hbond substituents is 2. The summed E-state index contributed by atoms with van der Waals surface area (Å²) in [6.07, 6.45) is 0. The van der Waals surface area contributed by atoms with Gasteiger partial charge in [0.15, 0.2) is 5.78 Å². The summed E-state index contributed by atoms with van der Waals surface area (Å²) < 4.78 is 0.853. The molecule has 140 valence electrons. The Morgan fingerprint density at radius 3 is 2.32 bits per heavy atom. The summed E-state index contributed by atoms with van der Waals surface area (Å²) >= 11 is 1.47. The predicted molar refractivity (Wildman–Crippen MR) is 115 cm³/mol. The van der Waals surface area contributed by atoms with E-state index in [0.29, 0.717) is 17.0 Å². The summed E-state index contributed by atoms with van der Waals surface area (Å²) in [6, 6.07) is 19.7. The lowest BCUT2D eigenvalue weighted by molar-refractivity contribution is 0.104. The molecule has 0 bridgehead atoms. The first-order chi connectivity index (χ1) is 13.4. The second-order valence-electron chi connectivity index (χ2n) is 7.14. The minimum Gasteiger partial charge on any atom is -0.508 e. The molecule has 1 heterocycles. The molecule has 28 heavy (non-hydrogen) atoms. The van der Waals surface area contributed by atoms with E-state index in [1.165, 1.54) is 11.3 Å². The van der Waals surface area contributed by atoms with Crippen molar-refractivity contribution in [2.75, 3.05) is 0 Å². The van der Waals surface area contributed by atoms with E-state index in [2.05, 4.69) is 13.8 Å². The number of rotatable bonds is 4. The van der Waals surface area contributed by atoms with E-state index in [0.717, 1.165) is 26.1 Å². The van der Waals surface area contributed by atoms with E-state index in [9.17, 15) is 15.0 Å². The molecule has 0 aliphatic heterocycles. The predicted octanol–water partition coefficient (Wildman–Crippen LogP) is 6.33. The van der Waals surface area contributed by atoms with E-state index < -0.39 is 0 Å². The molecule has 0 atom stereocenters. The highest BCUT2D eigenvalue weighted by molar-refractivity contribution is 7.22. The zero-order valence-corrected chi connectivity index (χ0v) is 16.5. The Bertz CT molecular complexity index is 1170. The topological polar surface area (TPSA) is 57.5 Å². The quantitative estimate of drug-likeness (QED) is 0.401. The Hall–Kier alpha value is -3.11. The maximum absolute atomic E-state index is 13.5. The number of carbonyl (C=O) groups is 1. The molecule has 1 aromatic heterocycles. The number of thiophene rings is 1. The van der Waals surface area contributed by atoms with Gasteiger partial charge < -0.3 is 10.2 Å². The monoisotopic (exact) mass is 388 g/mol. The highest BCUT2D eigenvalue weighted by atomic mass is 32.1. The first-order valence-electron chi connectivity index (χ1n) is 9.13. The largest absolute Gasteiger partial charge is 0.508 e. The fourth-order valence-corrected chi connectivity index (χ4v) is 4.55. The fourth-order valence-electron chi connectivity index (χ4n) is 3.31. The number of phenols is 2. The van der Waals surface area contributed by atoms with Gasteiger partial charge in [0.1, 0.15) is 11.5 Å². The molecule has 4 heteroatoms. The van der Waals surface area contributed by atoms with Crippen LogP contribution in [0.3, 0.4) is 0 Å². The Morgan fingerprint density at radius 2 is 1.61 bits per heavy atom. The molecule has 0 unspecified atom stereocenters.